The van der Waals surface area contributed by atoms with E-state index >= 15 is 0 Å². The van der Waals surface area contributed by atoms with E-state index in [9.17, 15) is 14.4 Å². The number of carbonyl (C=O) groups excluding carboxylic acids is 1. The topological polar surface area (TPSA) is 70.3 Å². The maximum Gasteiger partial charge on any atom is 0.303 e. The summed E-state index contributed by atoms with van der Waals surface area (Å²) in [6.45, 7) is 5.26. The van der Waals surface area contributed by atoms with E-state index in [1.54, 1.807) is 19.1 Å². The zero-order chi connectivity index (χ0) is 19.6. The number of alkyl halides is 1. The van der Waals surface area contributed by atoms with Crippen molar-refractivity contribution in [1.82, 2.24) is 9.36 Å². The van der Waals surface area contributed by atoms with Crippen LogP contribution in [0.3, 0.4) is 0 Å². The minimum atomic E-state index is -0.973. The molecule has 2 heterocycles. The van der Waals surface area contributed by atoms with E-state index in [0.29, 0.717) is 10.8 Å². The van der Waals surface area contributed by atoms with Crippen LogP contribution in [0.25, 0.3) is 21.5 Å². The van der Waals surface area contributed by atoms with Crippen LogP contribution in [-0.2, 0) is 22.6 Å². The summed E-state index contributed by atoms with van der Waals surface area (Å²) in [5, 5.41) is 2.58. The number of hydrogen-bond acceptors (Lipinski definition) is 4. The van der Waals surface area contributed by atoms with Crippen LogP contribution in [0, 0.1) is 0 Å². The Morgan fingerprint density at radius 2 is 1.48 bits per heavy atom. The molecule has 0 N–H and O–H groups in total. The first-order valence-corrected chi connectivity index (χ1v) is 9.47. The molecule has 2 aromatic carbocycles. The lowest BCUT2D eigenvalue weighted by Gasteiger charge is -2.46. The maximum absolute atomic E-state index is 13.2. The molecular formula is C20H19BrN2O4. The Labute approximate surface area is 163 Å². The normalized spacial score (nSPS) is 24.7. The Hall–Kier alpha value is -2.41. The van der Waals surface area contributed by atoms with Gasteiger partial charge in [-0.2, -0.15) is 0 Å². The maximum atomic E-state index is 13.2. The van der Waals surface area contributed by atoms with Gasteiger partial charge in [0.25, 0.3) is 11.1 Å². The van der Waals surface area contributed by atoms with Crippen molar-refractivity contribution < 1.29 is 9.53 Å². The van der Waals surface area contributed by atoms with Crippen molar-refractivity contribution in [3.63, 3.8) is 0 Å². The second-order valence-corrected chi connectivity index (χ2v) is 9.24. The summed E-state index contributed by atoms with van der Waals surface area (Å²) in [6.07, 6.45) is 0. The fraction of sp³-hybridized carbons (Fsp3) is 0.350. The van der Waals surface area contributed by atoms with Gasteiger partial charge in [0.15, 0.2) is 0 Å². The molecule has 1 aliphatic rings. The summed E-state index contributed by atoms with van der Waals surface area (Å²) in [5.74, 6) is -0.432. The molecule has 1 aliphatic heterocycles. The minimum Gasteiger partial charge on any atom is -0.456 e. The predicted molar refractivity (Wildman–Crippen MR) is 107 cm³/mol. The fourth-order valence-corrected chi connectivity index (χ4v) is 4.20. The van der Waals surface area contributed by atoms with Gasteiger partial charge in [-0.15, -0.1) is 0 Å². The van der Waals surface area contributed by atoms with Gasteiger partial charge in [-0.05, 0) is 36.8 Å². The first kappa shape index (κ1) is 18.0. The van der Waals surface area contributed by atoms with Gasteiger partial charge >= 0.3 is 5.97 Å². The van der Waals surface area contributed by atoms with Gasteiger partial charge in [0.2, 0.25) is 0 Å². The molecule has 0 bridgehead atoms. The Morgan fingerprint density at radius 3 is 1.96 bits per heavy atom. The van der Waals surface area contributed by atoms with Gasteiger partial charge in [-0.3, -0.25) is 14.4 Å². The van der Waals surface area contributed by atoms with E-state index in [4.69, 9.17) is 4.74 Å². The summed E-state index contributed by atoms with van der Waals surface area (Å²) >= 11 is 3.62. The number of nitrogens with zero attached hydrogens (tertiary/aromatic N) is 2. The Kier molecular flexibility index (Phi) is 3.86. The van der Waals surface area contributed by atoms with Crippen LogP contribution >= 0.6 is 15.9 Å². The van der Waals surface area contributed by atoms with Crippen molar-refractivity contribution in [2.75, 3.05) is 0 Å². The van der Waals surface area contributed by atoms with E-state index in [1.807, 2.05) is 31.2 Å². The van der Waals surface area contributed by atoms with Crippen LogP contribution in [0.15, 0.2) is 46.0 Å². The van der Waals surface area contributed by atoms with Crippen LogP contribution < -0.4 is 11.1 Å². The lowest BCUT2D eigenvalue weighted by molar-refractivity contribution is -0.163. The second kappa shape index (κ2) is 5.79. The van der Waals surface area contributed by atoms with E-state index in [0.717, 1.165) is 10.8 Å². The van der Waals surface area contributed by atoms with Gasteiger partial charge in [-0.1, -0.05) is 40.2 Å². The highest BCUT2D eigenvalue weighted by atomic mass is 79.9. The summed E-state index contributed by atoms with van der Waals surface area (Å²) in [4.78, 5) is 38.0. The molecule has 0 saturated heterocycles. The molecule has 3 aromatic rings. The molecule has 140 valence electrons. The molecule has 7 heteroatoms. The molecule has 0 aliphatic carbocycles. The Morgan fingerprint density at radius 1 is 1.00 bits per heavy atom. The van der Waals surface area contributed by atoms with Crippen LogP contribution in [0.4, 0.5) is 0 Å². The SMILES string of the molecule is CC(=O)OC1(C)Cn2c(=O)c3cc4ccccc4cc3c(=O)n2CC1(C)Br. The Balaban J connectivity index is 2.04. The monoisotopic (exact) mass is 430 g/mol. The van der Waals surface area contributed by atoms with Crippen molar-refractivity contribution in [2.45, 2.75) is 43.8 Å². The molecule has 0 radical (unpaired) electrons. The van der Waals surface area contributed by atoms with Crippen LogP contribution in [0.2, 0.25) is 0 Å². The number of halogens is 1. The molecule has 4 rings (SSSR count). The largest absolute Gasteiger partial charge is 0.456 e. The molecule has 0 saturated carbocycles. The predicted octanol–water partition coefficient (Wildman–Crippen LogP) is 2.81. The zero-order valence-corrected chi connectivity index (χ0v) is 16.9. The molecule has 2 atom stereocenters. The molecule has 2 unspecified atom stereocenters. The summed E-state index contributed by atoms with van der Waals surface area (Å²) < 4.78 is 7.70. The smallest absolute Gasteiger partial charge is 0.303 e. The van der Waals surface area contributed by atoms with Crippen LogP contribution in [-0.4, -0.2) is 25.3 Å². The highest BCUT2D eigenvalue weighted by Gasteiger charge is 2.50. The van der Waals surface area contributed by atoms with Gasteiger partial charge in [0, 0.05) is 6.92 Å². The van der Waals surface area contributed by atoms with Gasteiger partial charge in [0.05, 0.1) is 28.2 Å². The highest BCUT2D eigenvalue weighted by molar-refractivity contribution is 9.10. The van der Waals surface area contributed by atoms with Crippen LogP contribution in [0.5, 0.6) is 0 Å². The summed E-state index contributed by atoms with van der Waals surface area (Å²) in [7, 11) is 0. The van der Waals surface area contributed by atoms with E-state index in [1.165, 1.54) is 16.3 Å². The van der Waals surface area contributed by atoms with Crippen molar-refractivity contribution in [3.05, 3.63) is 57.1 Å². The minimum absolute atomic E-state index is 0.0885. The van der Waals surface area contributed by atoms with Crippen molar-refractivity contribution >= 4 is 43.4 Å². The molecule has 0 fully saturated rings. The van der Waals surface area contributed by atoms with E-state index < -0.39 is 15.9 Å². The quantitative estimate of drug-likeness (QED) is 0.338. The molecule has 0 amide bonds. The molecule has 0 spiro atoms. The number of hydrogen-bond donors (Lipinski definition) is 0. The number of aromatic nitrogens is 2. The highest BCUT2D eigenvalue weighted by Crippen LogP contribution is 2.39. The summed E-state index contributed by atoms with van der Waals surface area (Å²) in [5.41, 5.74) is -1.47. The number of fused-ring (bicyclic) bond motifs is 3. The van der Waals surface area contributed by atoms with Gasteiger partial charge < -0.3 is 4.74 Å². The van der Waals surface area contributed by atoms with E-state index in [2.05, 4.69) is 15.9 Å². The summed E-state index contributed by atoms with van der Waals surface area (Å²) in [6, 6.07) is 11.2. The molecule has 1 aromatic heterocycles. The molecule has 27 heavy (non-hydrogen) atoms. The van der Waals surface area contributed by atoms with Crippen molar-refractivity contribution in [3.8, 4) is 0 Å². The molecular weight excluding hydrogens is 412 g/mol. The first-order valence-electron chi connectivity index (χ1n) is 8.68. The third kappa shape index (κ3) is 2.64. The number of carbonyl (C=O) groups is 1. The number of esters is 1. The van der Waals surface area contributed by atoms with Crippen LogP contribution in [0.1, 0.15) is 20.8 Å². The van der Waals surface area contributed by atoms with Crippen molar-refractivity contribution in [2.24, 2.45) is 0 Å². The number of ether oxygens (including phenoxy) is 1. The second-order valence-electron chi connectivity index (χ2n) is 7.49. The Bertz CT molecular complexity index is 1220. The van der Waals surface area contributed by atoms with Crippen molar-refractivity contribution in [1.29, 1.82) is 0 Å². The number of rotatable bonds is 1. The van der Waals surface area contributed by atoms with Gasteiger partial charge in [0.1, 0.15) is 5.60 Å². The number of benzene rings is 2. The average Bonchev–Trinajstić information content (AvgIpc) is 2.59. The lowest BCUT2D eigenvalue weighted by Crippen LogP contribution is -2.62. The third-order valence-electron chi connectivity index (χ3n) is 5.48. The lowest BCUT2D eigenvalue weighted by atomic mass is 9.88. The van der Waals surface area contributed by atoms with E-state index in [-0.39, 0.29) is 24.2 Å². The standard InChI is InChI=1S/C20H19BrN2O4/c1-12(24)27-20(3)11-23-18(26)16-9-14-7-5-4-6-13(14)8-15(16)17(25)22(23)10-19(20,2)21/h4-9H,10-11H2,1-3H3. The average molecular weight is 431 g/mol. The third-order valence-corrected chi connectivity index (χ3v) is 6.57. The van der Waals surface area contributed by atoms with Gasteiger partial charge in [-0.25, -0.2) is 9.36 Å². The fourth-order valence-electron chi connectivity index (χ4n) is 3.76. The molecule has 6 nitrogen and oxygen atoms in total. The zero-order valence-electron chi connectivity index (χ0n) is 15.3. The first-order chi connectivity index (χ1) is 12.6.